The van der Waals surface area contributed by atoms with Gasteiger partial charge in [-0.05, 0) is 45.1 Å². The van der Waals surface area contributed by atoms with Crippen molar-refractivity contribution in [3.63, 3.8) is 0 Å². The van der Waals surface area contributed by atoms with Crippen LogP contribution in [0.4, 0.5) is 0 Å². The van der Waals surface area contributed by atoms with Gasteiger partial charge in [-0.15, -0.1) is 11.3 Å². The molecule has 0 radical (unpaired) electrons. The number of nitrogens with zero attached hydrogens (tertiary/aromatic N) is 2. The van der Waals surface area contributed by atoms with Gasteiger partial charge in [0.1, 0.15) is 0 Å². The van der Waals surface area contributed by atoms with Crippen molar-refractivity contribution in [3.8, 4) is 0 Å². The summed E-state index contributed by atoms with van der Waals surface area (Å²) in [5.41, 5.74) is 1.15. The molecule has 0 aromatic carbocycles. The summed E-state index contributed by atoms with van der Waals surface area (Å²) < 4.78 is 0. The third-order valence-electron chi connectivity index (χ3n) is 4.40. The third-order valence-corrected chi connectivity index (χ3v) is 5.19. The third kappa shape index (κ3) is 3.79. The van der Waals surface area contributed by atoms with E-state index in [1.807, 2.05) is 6.92 Å². The van der Waals surface area contributed by atoms with E-state index in [1.54, 1.807) is 11.3 Å². The molecular weight excluding hydrogens is 272 g/mol. The van der Waals surface area contributed by atoms with Gasteiger partial charge in [0.05, 0.1) is 16.7 Å². The van der Waals surface area contributed by atoms with Crippen LogP contribution >= 0.6 is 11.3 Å². The molecule has 2 rings (SSSR count). The van der Waals surface area contributed by atoms with Crippen LogP contribution in [0.1, 0.15) is 49.9 Å². The normalized spacial score (nSPS) is 23.4. The van der Waals surface area contributed by atoms with E-state index in [-0.39, 0.29) is 12.3 Å². The number of hydrogen-bond acceptors (Lipinski definition) is 4. The highest BCUT2D eigenvalue weighted by atomic mass is 32.1. The van der Waals surface area contributed by atoms with Crippen LogP contribution in [0.15, 0.2) is 5.38 Å². The predicted molar refractivity (Wildman–Crippen MR) is 81.0 cm³/mol. The smallest absolute Gasteiger partial charge is 0.303 e. The Bertz CT molecular complexity index is 460. The van der Waals surface area contributed by atoms with E-state index in [0.29, 0.717) is 12.0 Å². The van der Waals surface area contributed by atoms with Gasteiger partial charge in [0, 0.05) is 18.3 Å². The summed E-state index contributed by atoms with van der Waals surface area (Å²) in [6.07, 6.45) is 2.58. The molecule has 1 aliphatic rings. The number of aromatic nitrogens is 1. The molecule has 112 valence electrons. The number of aliphatic carboxylic acids is 1. The molecule has 0 amide bonds. The summed E-state index contributed by atoms with van der Waals surface area (Å²) in [6.45, 7) is 8.40. The number of carbonyl (C=O) groups is 1. The molecule has 1 aliphatic heterocycles. The first kappa shape index (κ1) is 15.4. The molecule has 4 nitrogen and oxygen atoms in total. The molecular formula is C15H24N2O2S. The fourth-order valence-electron chi connectivity index (χ4n) is 3.06. The van der Waals surface area contributed by atoms with E-state index in [2.05, 4.69) is 29.1 Å². The minimum Gasteiger partial charge on any atom is -0.481 e. The number of thiazole rings is 1. The predicted octanol–water partition coefficient (Wildman–Crippen LogP) is 3.34. The van der Waals surface area contributed by atoms with Gasteiger partial charge in [0.25, 0.3) is 0 Å². The first-order valence-electron chi connectivity index (χ1n) is 7.35. The van der Waals surface area contributed by atoms with E-state index in [0.717, 1.165) is 36.6 Å². The van der Waals surface area contributed by atoms with Crippen LogP contribution in [-0.2, 0) is 4.79 Å². The maximum atomic E-state index is 10.9. The van der Waals surface area contributed by atoms with Crippen LogP contribution in [0.25, 0.3) is 0 Å². The van der Waals surface area contributed by atoms with Gasteiger partial charge in [-0.25, -0.2) is 4.98 Å². The van der Waals surface area contributed by atoms with Gasteiger partial charge in [0.15, 0.2) is 0 Å². The summed E-state index contributed by atoms with van der Waals surface area (Å²) in [6, 6.07) is 0.333. The quantitative estimate of drug-likeness (QED) is 0.905. The first-order valence-corrected chi connectivity index (χ1v) is 8.23. The Hall–Kier alpha value is -0.940. The van der Waals surface area contributed by atoms with E-state index in [9.17, 15) is 4.79 Å². The lowest BCUT2D eigenvalue weighted by atomic mass is 9.84. The Morgan fingerprint density at radius 1 is 1.60 bits per heavy atom. The van der Waals surface area contributed by atoms with Gasteiger partial charge in [-0.3, -0.25) is 9.69 Å². The van der Waals surface area contributed by atoms with E-state index in [4.69, 9.17) is 5.11 Å². The fourth-order valence-corrected chi connectivity index (χ4v) is 3.76. The number of carboxylic acids is 1. The molecule has 1 saturated heterocycles. The molecule has 3 atom stereocenters. The van der Waals surface area contributed by atoms with Gasteiger partial charge in [-0.2, -0.15) is 0 Å². The van der Waals surface area contributed by atoms with Gasteiger partial charge < -0.3 is 5.11 Å². The van der Waals surface area contributed by atoms with Crippen LogP contribution in [-0.4, -0.2) is 34.0 Å². The Balaban J connectivity index is 1.97. The average Bonchev–Trinajstić information content (AvgIpc) is 2.84. The summed E-state index contributed by atoms with van der Waals surface area (Å²) in [5.74, 6) is 0.0551. The van der Waals surface area contributed by atoms with E-state index >= 15 is 0 Å². The lowest BCUT2D eigenvalue weighted by molar-refractivity contribution is -0.138. The lowest BCUT2D eigenvalue weighted by Crippen LogP contribution is -2.39. The molecule has 0 aliphatic carbocycles. The van der Waals surface area contributed by atoms with Crippen molar-refractivity contribution in [2.24, 2.45) is 11.8 Å². The number of piperidine rings is 1. The minimum atomic E-state index is -0.683. The Kier molecular flexibility index (Phi) is 5.16. The Labute approximate surface area is 124 Å². The van der Waals surface area contributed by atoms with Gasteiger partial charge in [0.2, 0.25) is 0 Å². The van der Waals surface area contributed by atoms with E-state index in [1.165, 1.54) is 0 Å². The van der Waals surface area contributed by atoms with Crippen molar-refractivity contribution >= 4 is 17.3 Å². The summed E-state index contributed by atoms with van der Waals surface area (Å²) >= 11 is 1.70. The maximum absolute atomic E-state index is 10.9. The van der Waals surface area contributed by atoms with Crippen molar-refractivity contribution in [2.75, 3.05) is 13.1 Å². The Morgan fingerprint density at radius 2 is 2.35 bits per heavy atom. The van der Waals surface area contributed by atoms with Crippen molar-refractivity contribution in [3.05, 3.63) is 16.1 Å². The zero-order valence-electron chi connectivity index (χ0n) is 12.5. The second-order valence-electron chi connectivity index (χ2n) is 5.94. The van der Waals surface area contributed by atoms with E-state index < -0.39 is 5.97 Å². The number of aryl methyl sites for hydroxylation is 1. The first-order chi connectivity index (χ1) is 9.47. The standard InChI is InChI=1S/C15H24N2O2S/c1-10(7-15(18)19)13-5-4-6-17(8-13)11(2)14-9-20-12(3)16-14/h9-11,13H,4-8H2,1-3H3,(H,18,19). The van der Waals surface area contributed by atoms with Crippen molar-refractivity contribution in [1.82, 2.24) is 9.88 Å². The van der Waals surface area contributed by atoms with Crippen molar-refractivity contribution < 1.29 is 9.90 Å². The van der Waals surface area contributed by atoms with Crippen LogP contribution in [0, 0.1) is 18.8 Å². The molecule has 2 heterocycles. The highest BCUT2D eigenvalue weighted by Crippen LogP contribution is 2.31. The van der Waals surface area contributed by atoms with Crippen LogP contribution < -0.4 is 0 Å². The monoisotopic (exact) mass is 296 g/mol. The molecule has 0 saturated carbocycles. The molecule has 5 heteroatoms. The largest absolute Gasteiger partial charge is 0.481 e. The number of carboxylic acid groups (broad SMARTS) is 1. The van der Waals surface area contributed by atoms with Crippen LogP contribution in [0.2, 0.25) is 0 Å². The minimum absolute atomic E-state index is 0.250. The van der Waals surface area contributed by atoms with Crippen LogP contribution in [0.3, 0.4) is 0 Å². The second-order valence-corrected chi connectivity index (χ2v) is 7.00. The highest BCUT2D eigenvalue weighted by molar-refractivity contribution is 7.09. The number of rotatable bonds is 5. The molecule has 0 spiro atoms. The molecule has 1 fully saturated rings. The SMILES string of the molecule is Cc1nc(C(C)N2CCCC(C(C)CC(=O)O)C2)cs1. The van der Waals surface area contributed by atoms with Gasteiger partial charge >= 0.3 is 5.97 Å². The van der Waals surface area contributed by atoms with Gasteiger partial charge in [-0.1, -0.05) is 6.92 Å². The maximum Gasteiger partial charge on any atom is 0.303 e. The molecule has 3 unspecified atom stereocenters. The fraction of sp³-hybridized carbons (Fsp3) is 0.733. The lowest BCUT2D eigenvalue weighted by Gasteiger charge is -2.38. The molecule has 0 bridgehead atoms. The average molecular weight is 296 g/mol. The molecule has 20 heavy (non-hydrogen) atoms. The second kappa shape index (κ2) is 6.68. The molecule has 1 N–H and O–H groups in total. The van der Waals surface area contributed by atoms with Crippen molar-refractivity contribution in [2.45, 2.75) is 46.1 Å². The highest BCUT2D eigenvalue weighted by Gasteiger charge is 2.29. The summed E-state index contributed by atoms with van der Waals surface area (Å²) in [4.78, 5) is 17.9. The number of hydrogen-bond donors (Lipinski definition) is 1. The summed E-state index contributed by atoms with van der Waals surface area (Å²) in [7, 11) is 0. The summed E-state index contributed by atoms with van der Waals surface area (Å²) in [5, 5.41) is 12.2. The zero-order valence-corrected chi connectivity index (χ0v) is 13.3. The zero-order chi connectivity index (χ0) is 14.7. The number of likely N-dealkylation sites (tertiary alicyclic amines) is 1. The molecule has 1 aromatic rings. The topological polar surface area (TPSA) is 53.4 Å². The molecule has 1 aromatic heterocycles. The van der Waals surface area contributed by atoms with Crippen molar-refractivity contribution in [1.29, 1.82) is 0 Å². The Morgan fingerprint density at radius 3 is 2.95 bits per heavy atom. The van der Waals surface area contributed by atoms with Crippen LogP contribution in [0.5, 0.6) is 0 Å².